The molecule has 1 N–H and O–H groups in total. The number of methoxy groups -OCH3 is 1. The highest BCUT2D eigenvalue weighted by atomic mass is 35.5. The number of sulfonamides is 1. The summed E-state index contributed by atoms with van der Waals surface area (Å²) in [7, 11) is -3.33. The van der Waals surface area contributed by atoms with Gasteiger partial charge in [-0.05, 0) is 55.2 Å². The number of hydrogen-bond acceptors (Lipinski definition) is 7. The molecule has 1 atom stereocenters. The van der Waals surface area contributed by atoms with Crippen molar-refractivity contribution in [3.8, 4) is 5.75 Å². The van der Waals surface area contributed by atoms with Gasteiger partial charge in [0.1, 0.15) is 18.3 Å². The Morgan fingerprint density at radius 3 is 2.24 bits per heavy atom. The number of rotatable bonds is 15. The summed E-state index contributed by atoms with van der Waals surface area (Å²) in [5.41, 5.74) is 2.32. The maximum Gasteiger partial charge on any atom is 0.273 e. The van der Waals surface area contributed by atoms with Gasteiger partial charge in [0.05, 0.1) is 22.6 Å². The van der Waals surface area contributed by atoms with E-state index in [4.69, 9.17) is 16.3 Å². The Morgan fingerprint density at radius 2 is 1.62 bits per heavy atom. The van der Waals surface area contributed by atoms with E-state index in [0.717, 1.165) is 27.1 Å². The minimum absolute atomic E-state index is 0.0116. The van der Waals surface area contributed by atoms with E-state index in [1.54, 1.807) is 0 Å². The number of carbonyl (C=O) groups is 2. The first kappa shape index (κ1) is 37.9. The lowest BCUT2D eigenvalue weighted by molar-refractivity contribution is -0.385. The molecular weight excluding hydrogens is 680 g/mol. The maximum atomic E-state index is 14.7. The number of nitro benzene ring substituents is 1. The van der Waals surface area contributed by atoms with Crippen molar-refractivity contribution >= 4 is 44.8 Å². The SMILES string of the molecule is COc1ccc(Cl)cc1N(CC(=O)N(Cc1ccc(C)cc1)[C@H](Cc1ccccc1)C(=O)NCC(C)C)S(=O)(=O)c1ccc(C)c([N+](=O)[O-])c1. The normalized spacial score (nSPS) is 11.9. The molecule has 0 saturated heterocycles. The van der Waals surface area contributed by atoms with Crippen molar-refractivity contribution in [3.63, 3.8) is 0 Å². The molecule has 4 aromatic carbocycles. The molecule has 0 aliphatic carbocycles. The molecule has 0 unspecified atom stereocenters. The Hall–Kier alpha value is -4.94. The van der Waals surface area contributed by atoms with E-state index in [0.29, 0.717) is 6.54 Å². The molecule has 0 radical (unpaired) electrons. The fourth-order valence-electron chi connectivity index (χ4n) is 5.31. The van der Waals surface area contributed by atoms with Crippen molar-refractivity contribution in [3.05, 3.63) is 128 Å². The Balaban J connectivity index is 1.88. The topological polar surface area (TPSA) is 139 Å². The molecule has 0 heterocycles. The highest BCUT2D eigenvalue weighted by Gasteiger charge is 2.36. The van der Waals surface area contributed by atoms with Gasteiger partial charge in [0, 0.05) is 36.2 Å². The molecule has 0 aliphatic heterocycles. The second-order valence-corrected chi connectivity index (χ2v) is 14.7. The van der Waals surface area contributed by atoms with Gasteiger partial charge in [0.2, 0.25) is 11.8 Å². The Labute approximate surface area is 298 Å². The summed E-state index contributed by atoms with van der Waals surface area (Å²) in [6.07, 6.45) is 0.153. The predicted molar refractivity (Wildman–Crippen MR) is 194 cm³/mol. The minimum Gasteiger partial charge on any atom is -0.495 e. The summed E-state index contributed by atoms with van der Waals surface area (Å²) in [4.78, 5) is 40.8. The van der Waals surface area contributed by atoms with Crippen LogP contribution < -0.4 is 14.4 Å². The molecule has 0 spiro atoms. The summed E-state index contributed by atoms with van der Waals surface area (Å²) in [6.45, 7) is 6.91. The zero-order valence-electron chi connectivity index (χ0n) is 28.6. The molecule has 11 nitrogen and oxygen atoms in total. The number of hydrogen-bond donors (Lipinski definition) is 1. The number of anilines is 1. The first-order valence-electron chi connectivity index (χ1n) is 16.0. The summed E-state index contributed by atoms with van der Waals surface area (Å²) in [5, 5.41) is 14.9. The number of aryl methyl sites for hydroxylation is 2. The lowest BCUT2D eigenvalue weighted by Crippen LogP contribution is -2.53. The number of ether oxygens (including phenoxy) is 1. The van der Waals surface area contributed by atoms with E-state index in [1.807, 2.05) is 75.4 Å². The molecule has 50 heavy (non-hydrogen) atoms. The first-order chi connectivity index (χ1) is 23.7. The number of amides is 2. The van der Waals surface area contributed by atoms with Gasteiger partial charge in [-0.2, -0.15) is 0 Å². The molecule has 0 aromatic heterocycles. The Bertz CT molecular complexity index is 1940. The molecule has 0 aliphatic rings. The molecule has 0 bridgehead atoms. The monoisotopic (exact) mass is 720 g/mol. The quantitative estimate of drug-likeness (QED) is 0.110. The van der Waals surface area contributed by atoms with E-state index in [2.05, 4.69) is 5.32 Å². The number of nitro groups is 1. The molecule has 4 aromatic rings. The second-order valence-electron chi connectivity index (χ2n) is 12.4. The van der Waals surface area contributed by atoms with Gasteiger partial charge in [-0.15, -0.1) is 0 Å². The minimum atomic E-state index is -4.67. The number of nitrogens with zero attached hydrogens (tertiary/aromatic N) is 3. The highest BCUT2D eigenvalue weighted by molar-refractivity contribution is 7.92. The molecule has 13 heteroatoms. The van der Waals surface area contributed by atoms with E-state index in [9.17, 15) is 28.1 Å². The van der Waals surface area contributed by atoms with E-state index < -0.39 is 49.9 Å². The first-order valence-corrected chi connectivity index (χ1v) is 17.8. The van der Waals surface area contributed by atoms with Crippen LogP contribution in [-0.4, -0.2) is 56.3 Å². The predicted octanol–water partition coefficient (Wildman–Crippen LogP) is 6.48. The van der Waals surface area contributed by atoms with Crippen molar-refractivity contribution in [1.29, 1.82) is 0 Å². The van der Waals surface area contributed by atoms with Crippen LogP contribution in [-0.2, 0) is 32.6 Å². The van der Waals surface area contributed by atoms with Gasteiger partial charge in [0.25, 0.3) is 15.7 Å². The van der Waals surface area contributed by atoms with Crippen LogP contribution in [0.1, 0.15) is 36.1 Å². The smallest absolute Gasteiger partial charge is 0.273 e. The van der Waals surface area contributed by atoms with E-state index in [1.165, 1.54) is 49.3 Å². The van der Waals surface area contributed by atoms with Crippen LogP contribution in [0.2, 0.25) is 5.02 Å². The maximum absolute atomic E-state index is 14.7. The summed E-state index contributed by atoms with van der Waals surface area (Å²) < 4.78 is 35.3. The van der Waals surface area contributed by atoms with Gasteiger partial charge in [0.15, 0.2) is 0 Å². The van der Waals surface area contributed by atoms with Crippen molar-refractivity contribution < 1.29 is 27.7 Å². The van der Waals surface area contributed by atoms with Crippen LogP contribution in [0.4, 0.5) is 11.4 Å². The molecule has 4 rings (SSSR count). The largest absolute Gasteiger partial charge is 0.495 e. The third-order valence-corrected chi connectivity index (χ3v) is 10.1. The van der Waals surface area contributed by atoms with Crippen LogP contribution in [0.15, 0.2) is 95.9 Å². The number of halogens is 1. The number of nitrogens with one attached hydrogen (secondary N) is 1. The van der Waals surface area contributed by atoms with Gasteiger partial charge in [-0.25, -0.2) is 8.42 Å². The lowest BCUT2D eigenvalue weighted by atomic mass is 10.0. The van der Waals surface area contributed by atoms with Crippen LogP contribution >= 0.6 is 11.6 Å². The van der Waals surface area contributed by atoms with Crippen LogP contribution in [0.5, 0.6) is 5.75 Å². The summed E-state index contributed by atoms with van der Waals surface area (Å²) in [5.74, 6) is -0.870. The average Bonchev–Trinajstić information content (AvgIpc) is 3.08. The van der Waals surface area contributed by atoms with E-state index >= 15 is 0 Å². The Morgan fingerprint density at radius 1 is 0.940 bits per heavy atom. The van der Waals surface area contributed by atoms with Gasteiger partial charge >= 0.3 is 0 Å². The van der Waals surface area contributed by atoms with Crippen molar-refractivity contribution in [2.24, 2.45) is 5.92 Å². The number of carbonyl (C=O) groups excluding carboxylic acids is 2. The van der Waals surface area contributed by atoms with Gasteiger partial charge < -0.3 is 15.0 Å². The third-order valence-electron chi connectivity index (χ3n) is 8.08. The summed E-state index contributed by atoms with van der Waals surface area (Å²) >= 11 is 6.35. The number of benzene rings is 4. The van der Waals surface area contributed by atoms with Gasteiger partial charge in [-0.1, -0.05) is 91.7 Å². The molecule has 0 saturated carbocycles. The molecule has 2 amide bonds. The van der Waals surface area contributed by atoms with Gasteiger partial charge in [-0.3, -0.25) is 24.0 Å². The zero-order valence-corrected chi connectivity index (χ0v) is 30.2. The van der Waals surface area contributed by atoms with E-state index in [-0.39, 0.29) is 40.9 Å². The van der Waals surface area contributed by atoms with Crippen LogP contribution in [0.3, 0.4) is 0 Å². The standard InChI is InChI=1S/C37H41ClN4O7S/c1-25(2)22-39-37(44)34(19-28-9-7-6-8-10-28)40(23-29-14-11-26(3)12-15-29)36(43)24-41(33-20-30(38)16-18-35(33)49-5)50(47,48)31-17-13-27(4)32(21-31)42(45)46/h6-18,20-21,25,34H,19,22-24H2,1-5H3,(H,39,44)/t34-/m1/s1. The van der Waals surface area contributed by atoms with Crippen LogP contribution in [0, 0.1) is 29.9 Å². The highest BCUT2D eigenvalue weighted by Crippen LogP contribution is 2.36. The fourth-order valence-corrected chi connectivity index (χ4v) is 6.92. The molecule has 0 fully saturated rings. The Kier molecular flexibility index (Phi) is 12.6. The lowest BCUT2D eigenvalue weighted by Gasteiger charge is -2.34. The second kappa shape index (κ2) is 16.6. The molecular formula is C37H41ClN4O7S. The zero-order chi connectivity index (χ0) is 36.6. The van der Waals surface area contributed by atoms with Crippen molar-refractivity contribution in [2.75, 3.05) is 24.5 Å². The fraction of sp³-hybridized carbons (Fsp3) is 0.297. The van der Waals surface area contributed by atoms with Crippen molar-refractivity contribution in [1.82, 2.24) is 10.2 Å². The third kappa shape index (κ3) is 9.39. The van der Waals surface area contributed by atoms with Crippen LogP contribution in [0.25, 0.3) is 0 Å². The average molecular weight is 721 g/mol. The van der Waals surface area contributed by atoms with Crippen molar-refractivity contribution in [2.45, 2.75) is 51.6 Å². The molecule has 264 valence electrons. The summed E-state index contributed by atoms with van der Waals surface area (Å²) in [6, 6.07) is 23.5.